The molecular weight excluding hydrogens is 288 g/mol. The number of nitrogens with zero attached hydrogens (tertiary/aromatic N) is 2. The Morgan fingerprint density at radius 2 is 1.78 bits per heavy atom. The van der Waals surface area contributed by atoms with Crippen molar-refractivity contribution in [1.82, 2.24) is 9.80 Å². The average molecular weight is 314 g/mol. The second-order valence-electron chi connectivity index (χ2n) is 6.34. The minimum Gasteiger partial charge on any atom is -0.508 e. The van der Waals surface area contributed by atoms with Gasteiger partial charge in [-0.25, -0.2) is 0 Å². The smallest absolute Gasteiger partial charge is 0.120 e. The number of phenolic OH excluding ortho intramolecular Hbond substituents is 1. The van der Waals surface area contributed by atoms with Crippen LogP contribution in [0.2, 0.25) is 0 Å². The molecule has 0 radical (unpaired) electrons. The molecule has 0 bridgehead atoms. The van der Waals surface area contributed by atoms with E-state index in [9.17, 15) is 10.2 Å². The van der Waals surface area contributed by atoms with Crippen molar-refractivity contribution in [3.63, 3.8) is 0 Å². The molecule has 2 aromatic rings. The van der Waals surface area contributed by atoms with Crippen LogP contribution in [-0.4, -0.2) is 58.8 Å². The Balaban J connectivity index is 1.71. The number of aliphatic hydroxyl groups excluding tert-OH is 1. The topological polar surface area (TPSA) is 46.9 Å². The SMILES string of the molecule is CCC(CO)N1CCN(Cc2c(O)ccc3ccccc23)CC1. The zero-order chi connectivity index (χ0) is 16.2. The van der Waals surface area contributed by atoms with Gasteiger partial charge in [-0.15, -0.1) is 0 Å². The first kappa shape index (κ1) is 16.2. The first-order valence-electron chi connectivity index (χ1n) is 8.49. The van der Waals surface area contributed by atoms with Crippen LogP contribution in [0.5, 0.6) is 5.75 Å². The summed E-state index contributed by atoms with van der Waals surface area (Å²) in [7, 11) is 0. The zero-order valence-corrected chi connectivity index (χ0v) is 13.8. The molecule has 1 aliphatic rings. The van der Waals surface area contributed by atoms with Gasteiger partial charge in [-0.2, -0.15) is 0 Å². The molecule has 0 aliphatic carbocycles. The summed E-state index contributed by atoms with van der Waals surface area (Å²) < 4.78 is 0. The summed E-state index contributed by atoms with van der Waals surface area (Å²) in [6, 6.07) is 12.3. The quantitative estimate of drug-likeness (QED) is 0.890. The lowest BCUT2D eigenvalue weighted by Crippen LogP contribution is -2.50. The molecule has 1 fully saturated rings. The molecule has 1 atom stereocenters. The van der Waals surface area contributed by atoms with Crippen molar-refractivity contribution in [2.45, 2.75) is 25.9 Å². The lowest BCUT2D eigenvalue weighted by Gasteiger charge is -2.38. The van der Waals surface area contributed by atoms with E-state index >= 15 is 0 Å². The highest BCUT2D eigenvalue weighted by atomic mass is 16.3. The highest BCUT2D eigenvalue weighted by Gasteiger charge is 2.23. The highest BCUT2D eigenvalue weighted by molar-refractivity contribution is 5.87. The van der Waals surface area contributed by atoms with Crippen LogP contribution in [0.15, 0.2) is 36.4 Å². The molecule has 4 heteroatoms. The number of piperazine rings is 1. The van der Waals surface area contributed by atoms with Gasteiger partial charge in [0.05, 0.1) is 6.61 Å². The minimum atomic E-state index is 0.237. The number of benzene rings is 2. The average Bonchev–Trinajstić information content (AvgIpc) is 2.60. The molecule has 23 heavy (non-hydrogen) atoms. The zero-order valence-electron chi connectivity index (χ0n) is 13.8. The van der Waals surface area contributed by atoms with Crippen LogP contribution < -0.4 is 0 Å². The standard InChI is InChI=1S/C19H26N2O2/c1-2-16(14-22)21-11-9-20(10-12-21)13-18-17-6-4-3-5-15(17)7-8-19(18)23/h3-8,16,22-23H,2,9-14H2,1H3. The number of rotatable bonds is 5. The van der Waals surface area contributed by atoms with Crippen molar-refractivity contribution in [3.05, 3.63) is 42.0 Å². The van der Waals surface area contributed by atoms with Crippen molar-refractivity contribution in [1.29, 1.82) is 0 Å². The Morgan fingerprint density at radius 1 is 1.04 bits per heavy atom. The van der Waals surface area contributed by atoms with E-state index in [2.05, 4.69) is 28.9 Å². The normalized spacial score (nSPS) is 18.3. The van der Waals surface area contributed by atoms with Gasteiger partial charge in [0.2, 0.25) is 0 Å². The number of fused-ring (bicyclic) bond motifs is 1. The van der Waals surface area contributed by atoms with Gasteiger partial charge < -0.3 is 10.2 Å². The van der Waals surface area contributed by atoms with E-state index < -0.39 is 0 Å². The maximum Gasteiger partial charge on any atom is 0.120 e. The number of phenols is 1. The molecule has 1 unspecified atom stereocenters. The fourth-order valence-corrected chi connectivity index (χ4v) is 3.50. The summed E-state index contributed by atoms with van der Waals surface area (Å²) in [6.07, 6.45) is 0.987. The number of hydrogen-bond donors (Lipinski definition) is 2. The molecule has 3 rings (SSSR count). The highest BCUT2D eigenvalue weighted by Crippen LogP contribution is 2.28. The molecule has 2 N–H and O–H groups in total. The van der Waals surface area contributed by atoms with Crippen LogP contribution in [0.3, 0.4) is 0 Å². The molecule has 1 heterocycles. The third-order valence-electron chi connectivity index (χ3n) is 5.00. The van der Waals surface area contributed by atoms with E-state index in [1.807, 2.05) is 18.2 Å². The summed E-state index contributed by atoms with van der Waals surface area (Å²) in [5.74, 6) is 0.382. The number of hydrogen-bond acceptors (Lipinski definition) is 4. The van der Waals surface area contributed by atoms with E-state index in [0.717, 1.165) is 50.1 Å². The summed E-state index contributed by atoms with van der Waals surface area (Å²) in [5.41, 5.74) is 1.02. The van der Waals surface area contributed by atoms with Gasteiger partial charge in [0.25, 0.3) is 0 Å². The molecule has 0 amide bonds. The van der Waals surface area contributed by atoms with Gasteiger partial charge in [0, 0.05) is 44.3 Å². The van der Waals surface area contributed by atoms with Crippen molar-refractivity contribution in [2.75, 3.05) is 32.8 Å². The van der Waals surface area contributed by atoms with E-state index in [1.165, 1.54) is 5.39 Å². The molecule has 1 aliphatic heterocycles. The Hall–Kier alpha value is -1.62. The molecule has 0 aromatic heterocycles. The van der Waals surface area contributed by atoms with Gasteiger partial charge in [-0.05, 0) is 23.3 Å². The van der Waals surface area contributed by atoms with Gasteiger partial charge in [0.1, 0.15) is 5.75 Å². The Bertz CT molecular complexity index is 647. The Kier molecular flexibility index (Phi) is 5.16. The second kappa shape index (κ2) is 7.30. The van der Waals surface area contributed by atoms with Gasteiger partial charge >= 0.3 is 0 Å². The lowest BCUT2D eigenvalue weighted by atomic mass is 10.0. The maximum atomic E-state index is 10.3. The van der Waals surface area contributed by atoms with E-state index in [4.69, 9.17) is 0 Å². The predicted octanol–water partition coefficient (Wildman–Crippen LogP) is 2.43. The van der Waals surface area contributed by atoms with E-state index in [1.54, 1.807) is 6.07 Å². The van der Waals surface area contributed by atoms with Crippen LogP contribution in [0.1, 0.15) is 18.9 Å². The van der Waals surface area contributed by atoms with Crippen molar-refractivity contribution >= 4 is 10.8 Å². The first-order chi connectivity index (χ1) is 11.2. The Morgan fingerprint density at radius 3 is 2.48 bits per heavy atom. The predicted molar refractivity (Wildman–Crippen MR) is 93.6 cm³/mol. The summed E-state index contributed by atoms with van der Waals surface area (Å²) in [6.45, 7) is 7.03. The third-order valence-corrected chi connectivity index (χ3v) is 5.00. The van der Waals surface area contributed by atoms with Crippen LogP contribution in [0.25, 0.3) is 10.8 Å². The third kappa shape index (κ3) is 3.50. The monoisotopic (exact) mass is 314 g/mol. The summed E-state index contributed by atoms with van der Waals surface area (Å²) in [4.78, 5) is 4.77. The molecule has 0 saturated carbocycles. The van der Waals surface area contributed by atoms with Crippen LogP contribution in [0, 0.1) is 0 Å². The van der Waals surface area contributed by atoms with Gasteiger partial charge in [0.15, 0.2) is 0 Å². The molecule has 124 valence electrons. The van der Waals surface area contributed by atoms with Gasteiger partial charge in [-0.1, -0.05) is 37.3 Å². The molecule has 2 aromatic carbocycles. The second-order valence-corrected chi connectivity index (χ2v) is 6.34. The van der Waals surface area contributed by atoms with E-state index in [-0.39, 0.29) is 12.6 Å². The van der Waals surface area contributed by atoms with Crippen molar-refractivity contribution < 1.29 is 10.2 Å². The fourth-order valence-electron chi connectivity index (χ4n) is 3.50. The fraction of sp³-hybridized carbons (Fsp3) is 0.474. The lowest BCUT2D eigenvalue weighted by molar-refractivity contribution is 0.0607. The molecule has 0 spiro atoms. The minimum absolute atomic E-state index is 0.237. The first-order valence-corrected chi connectivity index (χ1v) is 8.49. The van der Waals surface area contributed by atoms with Crippen LogP contribution >= 0.6 is 0 Å². The largest absolute Gasteiger partial charge is 0.508 e. The van der Waals surface area contributed by atoms with Gasteiger partial charge in [-0.3, -0.25) is 9.80 Å². The summed E-state index contributed by atoms with van der Waals surface area (Å²) >= 11 is 0. The molecular formula is C19H26N2O2. The Labute approximate surface area is 137 Å². The van der Waals surface area contributed by atoms with Crippen molar-refractivity contribution in [3.8, 4) is 5.75 Å². The van der Waals surface area contributed by atoms with Crippen LogP contribution in [0.4, 0.5) is 0 Å². The molecule has 4 nitrogen and oxygen atoms in total. The number of aromatic hydroxyl groups is 1. The van der Waals surface area contributed by atoms with E-state index in [0.29, 0.717) is 5.75 Å². The van der Waals surface area contributed by atoms with Crippen molar-refractivity contribution in [2.24, 2.45) is 0 Å². The number of aliphatic hydroxyl groups is 1. The van der Waals surface area contributed by atoms with Crippen LogP contribution in [-0.2, 0) is 6.54 Å². The summed E-state index contributed by atoms with van der Waals surface area (Å²) in [5, 5.41) is 22.0. The molecule has 1 saturated heterocycles. The maximum absolute atomic E-state index is 10.3.